The van der Waals surface area contributed by atoms with Gasteiger partial charge in [0.1, 0.15) is 22.9 Å². The van der Waals surface area contributed by atoms with Crippen LogP contribution in [0.5, 0.6) is 11.5 Å². The van der Waals surface area contributed by atoms with Gasteiger partial charge in [-0.15, -0.1) is 11.3 Å². The number of benzene rings is 2. The zero-order valence-electron chi connectivity index (χ0n) is 26.4. The lowest BCUT2D eigenvalue weighted by Crippen LogP contribution is -2.53. The van der Waals surface area contributed by atoms with Crippen LogP contribution < -0.4 is 14.4 Å². The highest BCUT2D eigenvalue weighted by Gasteiger charge is 2.38. The number of methoxy groups -OCH3 is 2. The molecule has 0 saturated carbocycles. The standard InChI is InChI=1S/C35H34Cl2FN3O6S/c1-44-29-8-7-23(14-31(29)45-2)30(15-24-25(36)16-39-17-26(24)37)46-34(42)33-13-21(20-48-33)18-41(28-6-4-3-5-27(28)38)35(43)47-32-19-40-11-9-22(32)10-12-40/h3-8,13-14,16-17,20,22,30,32H,9-12,15,18-19H2,1-2H3/t30-,32-/m0/s1. The van der Waals surface area contributed by atoms with Crippen LogP contribution in [0.4, 0.5) is 14.9 Å². The Morgan fingerprint density at radius 2 is 1.77 bits per heavy atom. The Morgan fingerprint density at radius 1 is 1.04 bits per heavy atom. The smallest absolute Gasteiger partial charge is 0.415 e. The Hall–Kier alpha value is -3.90. The van der Waals surface area contributed by atoms with Crippen LogP contribution in [0.3, 0.4) is 0 Å². The Kier molecular flexibility index (Phi) is 10.7. The van der Waals surface area contributed by atoms with Crippen molar-refractivity contribution in [2.24, 2.45) is 5.92 Å². The van der Waals surface area contributed by atoms with E-state index in [0.717, 1.165) is 37.3 Å². The molecule has 48 heavy (non-hydrogen) atoms. The average molecular weight is 715 g/mol. The van der Waals surface area contributed by atoms with Crippen molar-refractivity contribution >= 4 is 52.3 Å². The number of piperidine rings is 3. The number of hydrogen-bond acceptors (Lipinski definition) is 9. The number of carbonyl (C=O) groups excluding carboxylic acids is 2. The molecule has 5 heterocycles. The van der Waals surface area contributed by atoms with Gasteiger partial charge in [0.15, 0.2) is 11.5 Å². The first-order chi connectivity index (χ1) is 23.2. The van der Waals surface area contributed by atoms with E-state index in [1.54, 1.807) is 41.8 Å². The summed E-state index contributed by atoms with van der Waals surface area (Å²) in [4.78, 5) is 35.1. The Morgan fingerprint density at radius 3 is 2.44 bits per heavy atom. The number of aromatic nitrogens is 1. The maximum Gasteiger partial charge on any atom is 0.415 e. The predicted molar refractivity (Wildman–Crippen MR) is 182 cm³/mol. The molecule has 3 aliphatic heterocycles. The highest BCUT2D eigenvalue weighted by molar-refractivity contribution is 7.12. The van der Waals surface area contributed by atoms with Crippen LogP contribution in [0.1, 0.15) is 45.3 Å². The summed E-state index contributed by atoms with van der Waals surface area (Å²) >= 11 is 14.0. The minimum absolute atomic E-state index is 0.00795. The van der Waals surface area contributed by atoms with Crippen molar-refractivity contribution in [3.05, 3.63) is 104 Å². The second-order valence-corrected chi connectivity index (χ2v) is 13.4. The van der Waals surface area contributed by atoms with Gasteiger partial charge in [-0.05, 0) is 84.3 Å². The number of hydrogen-bond donors (Lipinski definition) is 0. The molecule has 1 amide bonds. The molecule has 0 radical (unpaired) electrons. The molecule has 13 heteroatoms. The molecule has 0 spiro atoms. The summed E-state index contributed by atoms with van der Waals surface area (Å²) < 4.78 is 38.0. The average Bonchev–Trinajstić information content (AvgIpc) is 3.58. The summed E-state index contributed by atoms with van der Waals surface area (Å²) in [5, 5.41) is 2.41. The zero-order valence-corrected chi connectivity index (χ0v) is 28.7. The van der Waals surface area contributed by atoms with E-state index >= 15 is 4.39 Å². The van der Waals surface area contributed by atoms with Crippen molar-refractivity contribution in [3.8, 4) is 11.5 Å². The molecule has 2 bridgehead atoms. The van der Waals surface area contributed by atoms with Crippen LogP contribution in [-0.4, -0.2) is 61.9 Å². The molecule has 7 rings (SSSR count). The number of carbonyl (C=O) groups is 2. The van der Waals surface area contributed by atoms with Gasteiger partial charge in [0.05, 0.1) is 36.5 Å². The number of thiophene rings is 1. The molecule has 0 aliphatic carbocycles. The van der Waals surface area contributed by atoms with Gasteiger partial charge < -0.3 is 18.9 Å². The van der Waals surface area contributed by atoms with E-state index in [4.69, 9.17) is 42.1 Å². The number of fused-ring (bicyclic) bond motifs is 3. The summed E-state index contributed by atoms with van der Waals surface area (Å²) in [5.74, 6) is 0.115. The van der Waals surface area contributed by atoms with Gasteiger partial charge >= 0.3 is 12.1 Å². The predicted octanol–water partition coefficient (Wildman–Crippen LogP) is 7.98. The molecule has 9 nitrogen and oxygen atoms in total. The molecule has 3 fully saturated rings. The largest absolute Gasteiger partial charge is 0.493 e. The van der Waals surface area contributed by atoms with Crippen LogP contribution in [0, 0.1) is 11.7 Å². The molecule has 0 N–H and O–H groups in total. The van der Waals surface area contributed by atoms with Gasteiger partial charge in [-0.3, -0.25) is 14.8 Å². The van der Waals surface area contributed by atoms with Crippen molar-refractivity contribution < 1.29 is 32.9 Å². The molecule has 2 atom stereocenters. The molecular weight excluding hydrogens is 680 g/mol. The maximum absolute atomic E-state index is 15.0. The summed E-state index contributed by atoms with van der Waals surface area (Å²) in [7, 11) is 3.05. The van der Waals surface area contributed by atoms with E-state index in [1.165, 1.54) is 43.6 Å². The SMILES string of the molecule is COc1ccc([C@H](Cc2c(Cl)cncc2Cl)OC(=O)c2cc(CN(C(=O)O[C@H]3CN4CCC3CC4)c3ccccc3F)cs2)cc1OC. The van der Waals surface area contributed by atoms with Gasteiger partial charge in [-0.1, -0.05) is 41.4 Å². The third-order valence-electron chi connectivity index (χ3n) is 8.78. The fourth-order valence-corrected chi connectivity index (χ4v) is 7.49. The number of para-hydroxylation sites is 1. The molecular formula is C35H34Cl2FN3O6S. The van der Waals surface area contributed by atoms with Crippen LogP contribution in [0.25, 0.3) is 0 Å². The van der Waals surface area contributed by atoms with Gasteiger partial charge in [-0.2, -0.15) is 0 Å². The summed E-state index contributed by atoms with van der Waals surface area (Å²) in [6.07, 6.45) is 3.36. The lowest BCUT2D eigenvalue weighted by Gasteiger charge is -2.44. The second-order valence-electron chi connectivity index (χ2n) is 11.7. The third kappa shape index (κ3) is 7.54. The van der Waals surface area contributed by atoms with Gasteiger partial charge in [0.2, 0.25) is 0 Å². The quantitative estimate of drug-likeness (QED) is 0.145. The van der Waals surface area contributed by atoms with E-state index in [2.05, 4.69) is 9.88 Å². The number of esters is 1. The maximum atomic E-state index is 15.0. The van der Waals surface area contributed by atoms with Gasteiger partial charge in [-0.25, -0.2) is 14.0 Å². The van der Waals surface area contributed by atoms with E-state index in [9.17, 15) is 9.59 Å². The van der Waals surface area contributed by atoms with Crippen LogP contribution >= 0.6 is 34.5 Å². The van der Waals surface area contributed by atoms with E-state index in [-0.39, 0.29) is 24.8 Å². The highest BCUT2D eigenvalue weighted by atomic mass is 35.5. The number of ether oxygens (including phenoxy) is 4. The minimum atomic E-state index is -0.813. The zero-order chi connectivity index (χ0) is 33.8. The minimum Gasteiger partial charge on any atom is -0.493 e. The molecule has 3 aliphatic rings. The Labute approximate surface area is 292 Å². The molecule has 2 aromatic carbocycles. The molecule has 4 aromatic rings. The summed E-state index contributed by atoms with van der Waals surface area (Å²) in [6, 6.07) is 12.9. The first kappa shape index (κ1) is 34.0. The normalized spacial score (nSPS) is 19.0. The first-order valence-electron chi connectivity index (χ1n) is 15.5. The number of pyridine rings is 1. The fraction of sp³-hybridized carbons (Fsp3) is 0.343. The Balaban J connectivity index is 1.23. The topological polar surface area (TPSA) is 90.4 Å². The van der Waals surface area contributed by atoms with E-state index < -0.39 is 24.0 Å². The molecule has 2 aromatic heterocycles. The summed E-state index contributed by atoms with van der Waals surface area (Å²) in [6.45, 7) is 2.66. The lowest BCUT2D eigenvalue weighted by molar-refractivity contribution is -0.0311. The van der Waals surface area contributed by atoms with E-state index in [0.29, 0.717) is 55.6 Å². The third-order valence-corrected chi connectivity index (χ3v) is 10.4. The number of anilines is 1. The van der Waals surface area contributed by atoms with Crippen molar-refractivity contribution in [1.29, 1.82) is 0 Å². The monoisotopic (exact) mass is 713 g/mol. The van der Waals surface area contributed by atoms with Gasteiger partial charge in [0, 0.05) is 25.4 Å². The van der Waals surface area contributed by atoms with Crippen molar-refractivity contribution in [1.82, 2.24) is 9.88 Å². The number of halogens is 3. The Bertz CT molecular complexity index is 1760. The van der Waals surface area contributed by atoms with Crippen LogP contribution in [-0.2, 0) is 22.4 Å². The van der Waals surface area contributed by atoms with Crippen molar-refractivity contribution in [3.63, 3.8) is 0 Å². The lowest BCUT2D eigenvalue weighted by atomic mass is 9.86. The number of rotatable bonds is 11. The highest BCUT2D eigenvalue weighted by Crippen LogP contribution is 2.36. The van der Waals surface area contributed by atoms with Crippen molar-refractivity contribution in [2.75, 3.05) is 38.8 Å². The van der Waals surface area contributed by atoms with Gasteiger partial charge in [0.25, 0.3) is 0 Å². The number of nitrogens with zero attached hydrogens (tertiary/aromatic N) is 3. The fourth-order valence-electron chi connectivity index (χ4n) is 6.19. The molecule has 0 unspecified atom stereocenters. The first-order valence-corrected chi connectivity index (χ1v) is 17.1. The second kappa shape index (κ2) is 15.1. The van der Waals surface area contributed by atoms with Crippen molar-refractivity contribution in [2.45, 2.75) is 38.0 Å². The molecule has 3 saturated heterocycles. The summed E-state index contributed by atoms with van der Waals surface area (Å²) in [5.41, 5.74) is 1.90. The van der Waals surface area contributed by atoms with Crippen LogP contribution in [0.15, 0.2) is 66.3 Å². The van der Waals surface area contributed by atoms with E-state index in [1.807, 2.05) is 0 Å². The van der Waals surface area contributed by atoms with Crippen LogP contribution in [0.2, 0.25) is 10.0 Å². The number of amides is 1. The molecule has 252 valence electrons.